The molecule has 0 fully saturated rings. The Morgan fingerprint density at radius 2 is 1.79 bits per heavy atom. The van der Waals surface area contributed by atoms with Crippen LogP contribution in [0.5, 0.6) is 0 Å². The summed E-state index contributed by atoms with van der Waals surface area (Å²) in [6.07, 6.45) is 9.25. The van der Waals surface area contributed by atoms with Crippen molar-refractivity contribution in [2.45, 2.75) is 59.4 Å². The summed E-state index contributed by atoms with van der Waals surface area (Å²) in [5.41, 5.74) is 6.06. The molecule has 0 saturated heterocycles. The second kappa shape index (κ2) is 8.05. The van der Waals surface area contributed by atoms with Crippen molar-refractivity contribution in [2.24, 2.45) is 17.6 Å². The van der Waals surface area contributed by atoms with E-state index in [0.717, 1.165) is 12.3 Å². The predicted octanol–water partition coefficient (Wildman–Crippen LogP) is 3.74. The van der Waals surface area contributed by atoms with Crippen LogP contribution >= 0.6 is 0 Å². The zero-order valence-electron chi connectivity index (χ0n) is 10.3. The quantitative estimate of drug-likeness (QED) is 0.618. The maximum atomic E-state index is 6.06. The first kappa shape index (κ1) is 13.7. The Hall–Kier alpha value is -0.300. The van der Waals surface area contributed by atoms with Crippen LogP contribution in [0, 0.1) is 11.8 Å². The first-order valence-corrected chi connectivity index (χ1v) is 5.94. The molecule has 0 aliphatic carbocycles. The summed E-state index contributed by atoms with van der Waals surface area (Å²) in [6.45, 7) is 8.85. The molecular weight excluding hydrogens is 170 g/mol. The molecule has 0 spiro atoms. The molecule has 14 heavy (non-hydrogen) atoms. The summed E-state index contributed by atoms with van der Waals surface area (Å²) in [4.78, 5) is 0. The highest BCUT2D eigenvalue weighted by Gasteiger charge is 2.06. The standard InChI is InChI=1S/C13H27N/c1-5-7-12(4)10-13(14)9-6-8-11(2)3/h5,7,11-13H,6,8-10,14H2,1-4H3/b7-5+/t12-,13?/m1/s1. The van der Waals surface area contributed by atoms with Gasteiger partial charge in [0, 0.05) is 6.04 Å². The minimum Gasteiger partial charge on any atom is -0.328 e. The van der Waals surface area contributed by atoms with Crippen LogP contribution in [0.2, 0.25) is 0 Å². The van der Waals surface area contributed by atoms with Gasteiger partial charge in [0.05, 0.1) is 0 Å². The lowest BCUT2D eigenvalue weighted by Gasteiger charge is -2.15. The summed E-state index contributed by atoms with van der Waals surface area (Å²) < 4.78 is 0. The largest absolute Gasteiger partial charge is 0.328 e. The van der Waals surface area contributed by atoms with Crippen molar-refractivity contribution in [1.29, 1.82) is 0 Å². The average molecular weight is 197 g/mol. The van der Waals surface area contributed by atoms with Crippen molar-refractivity contribution < 1.29 is 0 Å². The van der Waals surface area contributed by atoms with Gasteiger partial charge in [-0.05, 0) is 31.6 Å². The lowest BCUT2D eigenvalue weighted by atomic mass is 9.96. The van der Waals surface area contributed by atoms with E-state index in [2.05, 4.69) is 39.8 Å². The summed E-state index contributed by atoms with van der Waals surface area (Å²) in [5.74, 6) is 1.45. The van der Waals surface area contributed by atoms with Gasteiger partial charge in [0.25, 0.3) is 0 Å². The second-order valence-electron chi connectivity index (χ2n) is 4.82. The zero-order valence-corrected chi connectivity index (χ0v) is 10.3. The van der Waals surface area contributed by atoms with Gasteiger partial charge in [0.1, 0.15) is 0 Å². The molecule has 1 heteroatoms. The molecule has 0 saturated carbocycles. The molecular formula is C13H27N. The van der Waals surface area contributed by atoms with Crippen LogP contribution < -0.4 is 5.73 Å². The lowest BCUT2D eigenvalue weighted by Crippen LogP contribution is -2.22. The maximum absolute atomic E-state index is 6.06. The third-order valence-electron chi connectivity index (χ3n) is 2.55. The number of allylic oxidation sites excluding steroid dienone is 2. The smallest absolute Gasteiger partial charge is 0.00443 e. The monoisotopic (exact) mass is 197 g/mol. The molecule has 1 unspecified atom stereocenters. The molecule has 0 aliphatic rings. The van der Waals surface area contributed by atoms with Crippen molar-refractivity contribution in [3.8, 4) is 0 Å². The van der Waals surface area contributed by atoms with Gasteiger partial charge in [0.15, 0.2) is 0 Å². The van der Waals surface area contributed by atoms with E-state index >= 15 is 0 Å². The molecule has 84 valence electrons. The summed E-state index contributed by atoms with van der Waals surface area (Å²) in [7, 11) is 0. The fourth-order valence-electron chi connectivity index (χ4n) is 1.79. The molecule has 0 aliphatic heterocycles. The molecule has 0 amide bonds. The molecule has 1 nitrogen and oxygen atoms in total. The van der Waals surface area contributed by atoms with Gasteiger partial charge in [-0.1, -0.05) is 45.8 Å². The molecule has 0 radical (unpaired) electrons. The summed E-state index contributed by atoms with van der Waals surface area (Å²) in [5, 5.41) is 0. The first-order valence-electron chi connectivity index (χ1n) is 5.94. The van der Waals surface area contributed by atoms with Crippen LogP contribution in [-0.4, -0.2) is 6.04 Å². The molecule has 0 bridgehead atoms. The van der Waals surface area contributed by atoms with E-state index in [1.54, 1.807) is 0 Å². The Labute approximate surface area is 89.8 Å². The third-order valence-corrected chi connectivity index (χ3v) is 2.55. The van der Waals surface area contributed by atoms with E-state index in [1.807, 2.05) is 0 Å². The molecule has 0 heterocycles. The van der Waals surface area contributed by atoms with Gasteiger partial charge in [-0.2, -0.15) is 0 Å². The molecule has 0 aromatic carbocycles. The van der Waals surface area contributed by atoms with Crippen molar-refractivity contribution >= 4 is 0 Å². The van der Waals surface area contributed by atoms with Gasteiger partial charge in [0.2, 0.25) is 0 Å². The normalized spacial score (nSPS) is 16.4. The van der Waals surface area contributed by atoms with Gasteiger partial charge in [-0.3, -0.25) is 0 Å². The van der Waals surface area contributed by atoms with Crippen molar-refractivity contribution in [3.05, 3.63) is 12.2 Å². The molecule has 0 aromatic rings. The highest BCUT2D eigenvalue weighted by molar-refractivity contribution is 4.84. The van der Waals surface area contributed by atoms with Crippen LogP contribution in [0.3, 0.4) is 0 Å². The van der Waals surface area contributed by atoms with E-state index in [1.165, 1.54) is 19.3 Å². The van der Waals surface area contributed by atoms with E-state index in [9.17, 15) is 0 Å². The first-order chi connectivity index (χ1) is 6.56. The fraction of sp³-hybridized carbons (Fsp3) is 0.846. The van der Waals surface area contributed by atoms with Crippen molar-refractivity contribution in [3.63, 3.8) is 0 Å². The fourth-order valence-corrected chi connectivity index (χ4v) is 1.79. The van der Waals surface area contributed by atoms with Gasteiger partial charge >= 0.3 is 0 Å². The zero-order chi connectivity index (χ0) is 11.0. The second-order valence-corrected chi connectivity index (χ2v) is 4.82. The van der Waals surface area contributed by atoms with Crippen molar-refractivity contribution in [2.75, 3.05) is 0 Å². The molecule has 2 N–H and O–H groups in total. The van der Waals surface area contributed by atoms with E-state index in [-0.39, 0.29) is 0 Å². The van der Waals surface area contributed by atoms with Gasteiger partial charge < -0.3 is 5.73 Å². The Morgan fingerprint density at radius 1 is 1.14 bits per heavy atom. The Bertz CT molecular complexity index is 149. The minimum atomic E-state index is 0.389. The van der Waals surface area contributed by atoms with E-state index < -0.39 is 0 Å². The Balaban J connectivity index is 3.49. The topological polar surface area (TPSA) is 26.0 Å². The van der Waals surface area contributed by atoms with Gasteiger partial charge in [-0.15, -0.1) is 0 Å². The van der Waals surface area contributed by atoms with E-state index in [0.29, 0.717) is 12.0 Å². The van der Waals surface area contributed by atoms with Crippen LogP contribution in [0.15, 0.2) is 12.2 Å². The number of hydrogen-bond acceptors (Lipinski definition) is 1. The van der Waals surface area contributed by atoms with Crippen LogP contribution in [-0.2, 0) is 0 Å². The molecule has 0 aromatic heterocycles. The summed E-state index contributed by atoms with van der Waals surface area (Å²) in [6, 6.07) is 0.389. The number of nitrogens with two attached hydrogens (primary N) is 1. The lowest BCUT2D eigenvalue weighted by molar-refractivity contribution is 0.454. The number of hydrogen-bond donors (Lipinski definition) is 1. The predicted molar refractivity (Wildman–Crippen MR) is 65.3 cm³/mol. The van der Waals surface area contributed by atoms with E-state index in [4.69, 9.17) is 5.73 Å². The highest BCUT2D eigenvalue weighted by atomic mass is 14.6. The Kier molecular flexibility index (Phi) is 7.87. The van der Waals surface area contributed by atoms with Crippen molar-refractivity contribution in [1.82, 2.24) is 0 Å². The molecule has 0 rings (SSSR count). The van der Waals surface area contributed by atoms with Crippen LogP contribution in [0.25, 0.3) is 0 Å². The maximum Gasteiger partial charge on any atom is 0.00443 e. The van der Waals surface area contributed by atoms with Crippen LogP contribution in [0.4, 0.5) is 0 Å². The highest BCUT2D eigenvalue weighted by Crippen LogP contribution is 2.13. The van der Waals surface area contributed by atoms with Gasteiger partial charge in [-0.25, -0.2) is 0 Å². The third kappa shape index (κ3) is 8.31. The Morgan fingerprint density at radius 3 is 2.29 bits per heavy atom. The number of rotatable bonds is 7. The average Bonchev–Trinajstić information content (AvgIpc) is 2.03. The van der Waals surface area contributed by atoms with Crippen LogP contribution in [0.1, 0.15) is 53.4 Å². The minimum absolute atomic E-state index is 0.389. The molecule has 2 atom stereocenters. The summed E-state index contributed by atoms with van der Waals surface area (Å²) >= 11 is 0. The SMILES string of the molecule is C/C=C/[C@@H](C)CC(N)CCCC(C)C.